The second kappa shape index (κ2) is 9.86. The molecule has 0 aliphatic rings. The van der Waals surface area contributed by atoms with Gasteiger partial charge in [0.1, 0.15) is 11.4 Å². The first-order valence-corrected chi connectivity index (χ1v) is 12.0. The van der Waals surface area contributed by atoms with Gasteiger partial charge in [-0.15, -0.1) is 10.2 Å². The van der Waals surface area contributed by atoms with Gasteiger partial charge in [-0.05, 0) is 49.7 Å². The maximum absolute atomic E-state index is 13.8. The summed E-state index contributed by atoms with van der Waals surface area (Å²) in [6, 6.07) is 8.80. The van der Waals surface area contributed by atoms with Gasteiger partial charge in [0.25, 0.3) is 11.8 Å². The van der Waals surface area contributed by atoms with Crippen molar-refractivity contribution in [3.8, 4) is 17.4 Å². The zero-order valence-corrected chi connectivity index (χ0v) is 19.5. The number of anilines is 1. The number of nitrogens with one attached hydrogen (secondary N) is 2. The van der Waals surface area contributed by atoms with Gasteiger partial charge in [0.2, 0.25) is 0 Å². The average molecular weight is 512 g/mol. The third-order valence-corrected chi connectivity index (χ3v) is 5.79. The van der Waals surface area contributed by atoms with E-state index in [1.54, 1.807) is 6.92 Å². The molecule has 1 atom stereocenters. The summed E-state index contributed by atoms with van der Waals surface area (Å²) in [7, 11) is -3.12. The Morgan fingerprint density at radius 2 is 1.86 bits per heavy atom. The van der Waals surface area contributed by atoms with Crippen molar-refractivity contribution >= 4 is 21.3 Å². The molecule has 2 N–H and O–H groups in total. The lowest BCUT2D eigenvalue weighted by molar-refractivity contribution is -0.142. The molecule has 3 aromatic rings. The molecule has 3 rings (SSSR count). The Balaban J connectivity index is 2.10. The normalized spacial score (nSPS) is 13.1. The van der Waals surface area contributed by atoms with Crippen LogP contribution in [0.3, 0.4) is 0 Å². The third kappa shape index (κ3) is 6.04. The summed E-state index contributed by atoms with van der Waals surface area (Å²) in [5.41, 5.74) is -2.51. The monoisotopic (exact) mass is 512 g/mol. The number of carbonyl (C=O) groups is 1. The van der Waals surface area contributed by atoms with Crippen molar-refractivity contribution in [1.29, 1.82) is 4.78 Å². The average Bonchev–Trinajstić information content (AvgIpc) is 2.74. The highest BCUT2D eigenvalue weighted by atomic mass is 32.2. The summed E-state index contributed by atoms with van der Waals surface area (Å²) in [5.74, 6) is -2.54. The van der Waals surface area contributed by atoms with Crippen LogP contribution in [0.4, 0.5) is 23.2 Å². The van der Waals surface area contributed by atoms with Crippen LogP contribution in [0, 0.1) is 17.5 Å². The molecular weight excluding hydrogens is 492 g/mol. The molecule has 186 valence electrons. The van der Waals surface area contributed by atoms with Crippen molar-refractivity contribution in [2.75, 3.05) is 18.2 Å². The first kappa shape index (κ1) is 25.9. The molecule has 0 saturated carbocycles. The molecule has 0 aliphatic carbocycles. The van der Waals surface area contributed by atoms with Crippen molar-refractivity contribution in [3.63, 3.8) is 0 Å². The lowest BCUT2D eigenvalue weighted by Crippen LogP contribution is -2.21. The van der Waals surface area contributed by atoms with Crippen LogP contribution in [0.2, 0.25) is 0 Å². The number of nitrogens with zero attached hydrogens (tertiary/aromatic N) is 2. The Bertz CT molecular complexity index is 1380. The van der Waals surface area contributed by atoms with E-state index >= 15 is 0 Å². The Morgan fingerprint density at radius 3 is 2.49 bits per heavy atom. The van der Waals surface area contributed by atoms with Crippen LogP contribution in [0.5, 0.6) is 17.4 Å². The van der Waals surface area contributed by atoms with Crippen LogP contribution in [0.15, 0.2) is 47.4 Å². The van der Waals surface area contributed by atoms with E-state index in [1.807, 2.05) is 0 Å². The fourth-order valence-electron chi connectivity index (χ4n) is 3.06. The van der Waals surface area contributed by atoms with Crippen molar-refractivity contribution in [2.45, 2.75) is 24.9 Å². The molecule has 0 aliphatic heterocycles. The number of aromatic nitrogens is 2. The van der Waals surface area contributed by atoms with E-state index < -0.39 is 50.3 Å². The lowest BCUT2D eigenvalue weighted by Gasteiger charge is -2.17. The summed E-state index contributed by atoms with van der Waals surface area (Å²) >= 11 is 0. The number of halogens is 4. The fraction of sp³-hybridized carbons (Fsp3) is 0.227. The van der Waals surface area contributed by atoms with Crippen LogP contribution in [0.1, 0.15) is 28.5 Å². The third-order valence-electron chi connectivity index (χ3n) is 4.63. The summed E-state index contributed by atoms with van der Waals surface area (Å²) in [4.78, 5) is 13.2. The van der Waals surface area contributed by atoms with Crippen molar-refractivity contribution in [1.82, 2.24) is 10.2 Å². The molecule has 0 radical (unpaired) electrons. The van der Waals surface area contributed by atoms with Crippen LogP contribution in [-0.4, -0.2) is 33.2 Å². The van der Waals surface area contributed by atoms with Gasteiger partial charge in [-0.1, -0.05) is 6.07 Å². The van der Waals surface area contributed by atoms with E-state index in [2.05, 4.69) is 15.5 Å². The van der Waals surface area contributed by atoms with Gasteiger partial charge in [0.05, 0.1) is 16.3 Å². The maximum atomic E-state index is 13.8. The predicted octanol–water partition coefficient (Wildman–Crippen LogP) is 5.42. The molecule has 8 nitrogen and oxygen atoms in total. The van der Waals surface area contributed by atoms with Gasteiger partial charge in [-0.25, -0.2) is 13.4 Å². The number of alkyl halides is 3. The fourth-order valence-corrected chi connectivity index (χ4v) is 3.75. The molecule has 2 aromatic carbocycles. The second-order valence-corrected chi connectivity index (χ2v) is 9.46. The molecule has 1 heterocycles. The van der Waals surface area contributed by atoms with Crippen LogP contribution in [0.25, 0.3) is 0 Å². The van der Waals surface area contributed by atoms with E-state index in [0.717, 1.165) is 19.1 Å². The summed E-state index contributed by atoms with van der Waals surface area (Å²) in [5, 5.41) is 9.01. The van der Waals surface area contributed by atoms with E-state index in [1.165, 1.54) is 36.6 Å². The standard InChI is InChI=1S/C22H20F4N4O4S/c1-4-33-16-9-8-13(23)10-17(16)34-21-18(12(2)19(29-30-21)22(24,25)26)20(31)28-14-6-5-7-15(11-14)35(3,27)32/h5-11,27H,4H2,1-3H3,(H,28,31). The minimum Gasteiger partial charge on any atom is -0.490 e. The maximum Gasteiger partial charge on any atom is 0.435 e. The van der Waals surface area contributed by atoms with Gasteiger partial charge < -0.3 is 14.8 Å². The van der Waals surface area contributed by atoms with Crippen LogP contribution < -0.4 is 14.8 Å². The minimum atomic E-state index is -4.92. The minimum absolute atomic E-state index is 0.0699. The number of carbonyl (C=O) groups excluding carboxylic acids is 1. The van der Waals surface area contributed by atoms with Gasteiger partial charge in [0.15, 0.2) is 17.2 Å². The van der Waals surface area contributed by atoms with Crippen molar-refractivity contribution < 1.29 is 36.0 Å². The quantitative estimate of drug-likeness (QED) is 0.409. The number of ether oxygens (including phenoxy) is 2. The topological polar surface area (TPSA) is 114 Å². The van der Waals surface area contributed by atoms with Gasteiger partial charge in [-0.2, -0.15) is 13.2 Å². The molecule has 1 amide bonds. The van der Waals surface area contributed by atoms with Crippen molar-refractivity contribution in [2.24, 2.45) is 0 Å². The Hall–Kier alpha value is -3.74. The van der Waals surface area contributed by atoms with Crippen LogP contribution >= 0.6 is 0 Å². The number of hydrogen-bond acceptors (Lipinski definition) is 7. The van der Waals surface area contributed by atoms with E-state index in [0.29, 0.717) is 0 Å². The summed E-state index contributed by atoms with van der Waals surface area (Å²) < 4.78 is 84.9. The Morgan fingerprint density at radius 1 is 1.14 bits per heavy atom. The number of rotatable bonds is 7. The Labute approximate surface area is 198 Å². The first-order chi connectivity index (χ1) is 16.3. The largest absolute Gasteiger partial charge is 0.490 e. The smallest absolute Gasteiger partial charge is 0.435 e. The zero-order chi connectivity index (χ0) is 26.0. The summed E-state index contributed by atoms with van der Waals surface area (Å²) in [6.07, 6.45) is -3.74. The predicted molar refractivity (Wildman–Crippen MR) is 119 cm³/mol. The molecular formula is C22H20F4N4O4S. The molecule has 0 fully saturated rings. The molecule has 1 unspecified atom stereocenters. The molecule has 0 saturated heterocycles. The summed E-state index contributed by atoms with van der Waals surface area (Å²) in [6.45, 7) is 2.86. The zero-order valence-electron chi connectivity index (χ0n) is 18.7. The number of hydrogen-bond donors (Lipinski definition) is 2. The van der Waals surface area contributed by atoms with E-state index in [-0.39, 0.29) is 28.7 Å². The SMILES string of the molecule is CCOc1ccc(F)cc1Oc1nnc(C(F)(F)F)c(C)c1C(=O)Nc1cccc(S(C)(=N)=O)c1. The van der Waals surface area contributed by atoms with Crippen LogP contribution in [-0.2, 0) is 15.9 Å². The van der Waals surface area contributed by atoms with Crippen molar-refractivity contribution in [3.05, 3.63) is 65.1 Å². The molecule has 13 heteroatoms. The second-order valence-electron chi connectivity index (χ2n) is 7.30. The van der Waals surface area contributed by atoms with Gasteiger partial charge in [0, 0.05) is 22.9 Å². The molecule has 0 bridgehead atoms. The highest BCUT2D eigenvalue weighted by molar-refractivity contribution is 7.91. The number of amides is 1. The molecule has 35 heavy (non-hydrogen) atoms. The first-order valence-electron chi connectivity index (χ1n) is 10.0. The van der Waals surface area contributed by atoms with E-state index in [4.69, 9.17) is 14.3 Å². The van der Waals surface area contributed by atoms with E-state index in [9.17, 15) is 26.6 Å². The van der Waals surface area contributed by atoms with Gasteiger partial charge >= 0.3 is 6.18 Å². The highest BCUT2D eigenvalue weighted by Crippen LogP contribution is 2.37. The lowest BCUT2D eigenvalue weighted by atomic mass is 10.1. The molecule has 0 spiro atoms. The highest BCUT2D eigenvalue weighted by Gasteiger charge is 2.38. The molecule has 1 aromatic heterocycles. The number of benzene rings is 2. The Kier molecular flexibility index (Phi) is 7.29. The van der Waals surface area contributed by atoms with Gasteiger partial charge in [-0.3, -0.25) is 4.79 Å².